The van der Waals surface area contributed by atoms with Gasteiger partial charge in [0.25, 0.3) is 5.91 Å². The quantitative estimate of drug-likeness (QED) is 0.656. The Morgan fingerprint density at radius 1 is 1.14 bits per heavy atom. The van der Waals surface area contributed by atoms with E-state index in [-0.39, 0.29) is 30.2 Å². The van der Waals surface area contributed by atoms with E-state index in [1.165, 1.54) is 19.2 Å². The van der Waals surface area contributed by atoms with Gasteiger partial charge in [0.05, 0.1) is 5.54 Å². The van der Waals surface area contributed by atoms with Crippen LogP contribution in [0.2, 0.25) is 0 Å². The summed E-state index contributed by atoms with van der Waals surface area (Å²) in [6.07, 6.45) is 1.30. The van der Waals surface area contributed by atoms with E-state index in [1.54, 1.807) is 35.2 Å². The van der Waals surface area contributed by atoms with E-state index in [1.807, 2.05) is 13.8 Å². The normalized spacial score (nSPS) is 26.4. The van der Waals surface area contributed by atoms with Crippen molar-refractivity contribution in [2.24, 2.45) is 0 Å². The number of halogens is 1. The summed E-state index contributed by atoms with van der Waals surface area (Å²) >= 11 is 0. The van der Waals surface area contributed by atoms with Gasteiger partial charge in [-0.05, 0) is 68.5 Å². The fourth-order valence-corrected chi connectivity index (χ4v) is 5.98. The second-order valence-corrected chi connectivity index (χ2v) is 10.1. The molecule has 2 aliphatic heterocycles. The standard InChI is InChI=1S/C27H29FN4O5/c1-16-10-12-26(2,18-4-6-19(28)7-5-18)32(16)22(33)15-31-23(34)27(37-25(31)36)13-11-17-14-20(8-9-21(17)27)30-24(35)29-3/h4-9,14,16H,10-13,15H2,1-3H3,(H2,29,30,35)/t16-,26-,27+/m0/s1. The van der Waals surface area contributed by atoms with Gasteiger partial charge in [0.2, 0.25) is 11.5 Å². The Morgan fingerprint density at radius 2 is 1.86 bits per heavy atom. The van der Waals surface area contributed by atoms with E-state index in [4.69, 9.17) is 4.74 Å². The number of nitrogens with zero attached hydrogens (tertiary/aromatic N) is 2. The maximum atomic E-state index is 13.6. The summed E-state index contributed by atoms with van der Waals surface area (Å²) < 4.78 is 19.2. The highest BCUT2D eigenvalue weighted by Gasteiger charge is 2.59. The van der Waals surface area contributed by atoms with Gasteiger partial charge in [0.15, 0.2) is 0 Å². The third kappa shape index (κ3) is 3.91. The van der Waals surface area contributed by atoms with E-state index >= 15 is 0 Å². The number of anilines is 1. The van der Waals surface area contributed by atoms with Gasteiger partial charge in [0, 0.05) is 30.8 Å². The molecular formula is C27H29FN4O5. The molecular weight excluding hydrogens is 479 g/mol. The highest BCUT2D eigenvalue weighted by Crippen LogP contribution is 2.47. The fraction of sp³-hybridized carbons (Fsp3) is 0.407. The average molecular weight is 509 g/mol. The van der Waals surface area contributed by atoms with Crippen LogP contribution < -0.4 is 10.6 Å². The smallest absolute Gasteiger partial charge is 0.418 e. The number of benzene rings is 2. The van der Waals surface area contributed by atoms with Crippen molar-refractivity contribution in [1.82, 2.24) is 15.1 Å². The summed E-state index contributed by atoms with van der Waals surface area (Å²) in [6.45, 7) is 3.41. The molecule has 2 aromatic rings. The van der Waals surface area contributed by atoms with Crippen molar-refractivity contribution in [3.63, 3.8) is 0 Å². The summed E-state index contributed by atoms with van der Waals surface area (Å²) in [7, 11) is 1.51. The van der Waals surface area contributed by atoms with Crippen molar-refractivity contribution in [2.75, 3.05) is 18.9 Å². The van der Waals surface area contributed by atoms with Crippen molar-refractivity contribution in [1.29, 1.82) is 0 Å². The zero-order valence-electron chi connectivity index (χ0n) is 21.0. The van der Waals surface area contributed by atoms with Crippen molar-refractivity contribution in [2.45, 2.75) is 56.7 Å². The molecule has 2 heterocycles. The summed E-state index contributed by atoms with van der Waals surface area (Å²) in [6, 6.07) is 10.7. The lowest BCUT2D eigenvalue weighted by Gasteiger charge is -2.39. The number of hydrogen-bond acceptors (Lipinski definition) is 5. The Balaban J connectivity index is 1.38. The first-order valence-electron chi connectivity index (χ1n) is 12.3. The van der Waals surface area contributed by atoms with Gasteiger partial charge in [0.1, 0.15) is 12.4 Å². The van der Waals surface area contributed by atoms with Crippen molar-refractivity contribution >= 4 is 29.6 Å². The third-order valence-corrected chi connectivity index (χ3v) is 7.89. The number of amides is 5. The zero-order valence-corrected chi connectivity index (χ0v) is 21.0. The van der Waals surface area contributed by atoms with Gasteiger partial charge in [-0.25, -0.2) is 18.9 Å². The molecule has 5 amide bonds. The summed E-state index contributed by atoms with van der Waals surface area (Å²) in [5.41, 5.74) is 0.540. The SMILES string of the molecule is CNC(=O)Nc1ccc2c(c1)CC[C@@]21OC(=O)N(CC(=O)N2[C@@H](C)CC[C@@]2(C)c2ccc(F)cc2)C1=O. The second-order valence-electron chi connectivity index (χ2n) is 10.1. The van der Waals surface area contributed by atoms with Crippen LogP contribution in [-0.4, -0.2) is 53.4 Å². The Hall–Kier alpha value is -3.95. The minimum absolute atomic E-state index is 0.122. The highest BCUT2D eigenvalue weighted by molar-refractivity contribution is 6.06. The topological polar surface area (TPSA) is 108 Å². The molecule has 1 spiro atoms. The molecule has 2 fully saturated rings. The van der Waals surface area contributed by atoms with Gasteiger partial charge in [-0.3, -0.25) is 9.59 Å². The molecule has 3 atom stereocenters. The number of fused-ring (bicyclic) bond motifs is 2. The lowest BCUT2D eigenvalue weighted by atomic mass is 9.89. The molecule has 1 aliphatic carbocycles. The van der Waals surface area contributed by atoms with E-state index < -0.39 is 29.7 Å². The largest absolute Gasteiger partial charge is 0.427 e. The first-order chi connectivity index (χ1) is 17.6. The van der Waals surface area contributed by atoms with Crippen LogP contribution in [0.25, 0.3) is 0 Å². The molecule has 2 N–H and O–H groups in total. The van der Waals surface area contributed by atoms with Gasteiger partial charge in [-0.15, -0.1) is 0 Å². The maximum Gasteiger partial charge on any atom is 0.418 e. The Bertz CT molecular complexity index is 1300. The molecule has 9 nitrogen and oxygen atoms in total. The predicted molar refractivity (Wildman–Crippen MR) is 132 cm³/mol. The first-order valence-corrected chi connectivity index (χ1v) is 12.3. The second kappa shape index (κ2) is 8.86. The number of likely N-dealkylation sites (tertiary alicyclic amines) is 1. The van der Waals surface area contributed by atoms with Crippen molar-refractivity contribution < 1.29 is 28.3 Å². The Labute approximate surface area is 213 Å². The molecule has 37 heavy (non-hydrogen) atoms. The molecule has 2 aromatic carbocycles. The molecule has 0 unspecified atom stereocenters. The molecule has 0 radical (unpaired) electrons. The van der Waals surface area contributed by atoms with Crippen LogP contribution in [0.1, 0.15) is 49.8 Å². The zero-order chi connectivity index (χ0) is 26.5. The number of nitrogens with one attached hydrogen (secondary N) is 2. The number of aryl methyl sites for hydroxylation is 1. The molecule has 5 rings (SSSR count). The van der Waals surface area contributed by atoms with E-state index in [2.05, 4.69) is 10.6 Å². The molecule has 2 saturated heterocycles. The van der Waals surface area contributed by atoms with E-state index in [0.717, 1.165) is 22.4 Å². The van der Waals surface area contributed by atoms with Crippen molar-refractivity contribution in [3.8, 4) is 0 Å². The lowest BCUT2D eigenvalue weighted by molar-refractivity contribution is -0.144. The number of carbonyl (C=O) groups excluding carboxylic acids is 4. The average Bonchev–Trinajstić information content (AvgIpc) is 3.47. The van der Waals surface area contributed by atoms with Crippen LogP contribution in [0, 0.1) is 5.82 Å². The first kappa shape index (κ1) is 24.7. The predicted octanol–water partition coefficient (Wildman–Crippen LogP) is 3.62. The van der Waals surface area contributed by atoms with Gasteiger partial charge in [-0.2, -0.15) is 0 Å². The fourth-order valence-electron chi connectivity index (χ4n) is 5.98. The van der Waals surface area contributed by atoms with Crippen LogP contribution >= 0.6 is 0 Å². The Morgan fingerprint density at radius 3 is 2.57 bits per heavy atom. The number of urea groups is 1. The van der Waals surface area contributed by atoms with E-state index in [9.17, 15) is 23.6 Å². The van der Waals surface area contributed by atoms with Crippen LogP contribution in [0.4, 0.5) is 19.7 Å². The number of rotatable bonds is 4. The highest BCUT2D eigenvalue weighted by atomic mass is 19.1. The monoisotopic (exact) mass is 508 g/mol. The third-order valence-electron chi connectivity index (χ3n) is 7.89. The van der Waals surface area contributed by atoms with Crippen LogP contribution in [0.5, 0.6) is 0 Å². The Kier molecular flexibility index (Phi) is 5.92. The summed E-state index contributed by atoms with van der Waals surface area (Å²) in [5.74, 6) is -1.30. The van der Waals surface area contributed by atoms with Crippen LogP contribution in [0.3, 0.4) is 0 Å². The molecule has 3 aliphatic rings. The molecule has 0 saturated carbocycles. The minimum atomic E-state index is -1.48. The number of carbonyl (C=O) groups is 4. The van der Waals surface area contributed by atoms with E-state index in [0.29, 0.717) is 24.1 Å². The maximum absolute atomic E-state index is 13.6. The summed E-state index contributed by atoms with van der Waals surface area (Å²) in [4.78, 5) is 54.3. The molecule has 0 bridgehead atoms. The number of hydrogen-bond donors (Lipinski definition) is 2. The minimum Gasteiger partial charge on any atom is -0.427 e. The lowest BCUT2D eigenvalue weighted by Crippen LogP contribution is -2.51. The molecule has 194 valence electrons. The van der Waals surface area contributed by atoms with Gasteiger partial charge >= 0.3 is 12.1 Å². The van der Waals surface area contributed by atoms with Gasteiger partial charge < -0.3 is 20.3 Å². The number of ether oxygens (including phenoxy) is 1. The molecule has 0 aromatic heterocycles. The van der Waals surface area contributed by atoms with Crippen LogP contribution in [-0.2, 0) is 31.9 Å². The van der Waals surface area contributed by atoms with Crippen LogP contribution in [0.15, 0.2) is 42.5 Å². The van der Waals surface area contributed by atoms with Gasteiger partial charge in [-0.1, -0.05) is 18.2 Å². The summed E-state index contributed by atoms with van der Waals surface area (Å²) in [5, 5.41) is 5.17. The molecule has 10 heteroatoms. The number of imide groups is 1. The van der Waals surface area contributed by atoms with Crippen molar-refractivity contribution in [3.05, 3.63) is 65.0 Å².